The van der Waals surface area contributed by atoms with E-state index in [0.717, 1.165) is 0 Å². The second kappa shape index (κ2) is 8.48. The topological polar surface area (TPSA) is 0 Å². The Morgan fingerprint density at radius 2 is 1.12 bits per heavy atom. The summed E-state index contributed by atoms with van der Waals surface area (Å²) in [5, 5.41) is 0. The summed E-state index contributed by atoms with van der Waals surface area (Å²) >= 11 is 0. The van der Waals surface area contributed by atoms with Crippen LogP contribution in [-0.4, -0.2) is 8.80 Å². The van der Waals surface area contributed by atoms with E-state index in [1.54, 1.807) is 0 Å². The maximum Gasteiger partial charge on any atom is 0.0359 e. The first-order valence-electron chi connectivity index (χ1n) is 3.35. The quantitative estimate of drug-likeness (QED) is 0.550. The van der Waals surface area contributed by atoms with Gasteiger partial charge in [-0.3, -0.25) is 0 Å². The first kappa shape index (κ1) is 12.2. The van der Waals surface area contributed by atoms with E-state index in [2.05, 4.69) is 20.8 Å². The van der Waals surface area contributed by atoms with Crippen LogP contribution < -0.4 is 0 Å². The van der Waals surface area contributed by atoms with E-state index in [-0.39, 0.29) is 46.5 Å². The third-order valence-electron chi connectivity index (χ3n) is 1.73. The summed E-state index contributed by atoms with van der Waals surface area (Å²) in [6.45, 7) is 6.97. The molecule has 0 aromatic rings. The molecule has 0 amide bonds. The fourth-order valence-corrected chi connectivity index (χ4v) is 2.60. The largest absolute Gasteiger partial charge is 0.0680 e. The number of hydrogen-bond acceptors (Lipinski definition) is 0. The Hall–Kier alpha value is 1.48. The van der Waals surface area contributed by atoms with Gasteiger partial charge in [0, 0.05) is 46.5 Å². The summed E-state index contributed by atoms with van der Waals surface area (Å²) in [5.41, 5.74) is 0. The normalized spacial score (nSPS) is 9.00. The summed E-state index contributed by atoms with van der Waals surface area (Å²) in [4.78, 5) is 0. The fourth-order valence-electron chi connectivity index (χ4n) is 0.866. The summed E-state index contributed by atoms with van der Waals surface area (Å²) in [7, 11) is -0.171. The predicted molar refractivity (Wildman–Crippen MR) is 38.6 cm³/mol. The first-order chi connectivity index (χ1) is 3.35. The van der Waals surface area contributed by atoms with Crippen molar-refractivity contribution in [1.29, 1.82) is 0 Å². The molecule has 0 aliphatic heterocycles. The molecule has 0 unspecified atom stereocenters. The van der Waals surface area contributed by atoms with E-state index in [1.807, 2.05) is 0 Å². The van der Waals surface area contributed by atoms with Crippen molar-refractivity contribution in [3.63, 3.8) is 0 Å². The molecule has 0 saturated carbocycles. The van der Waals surface area contributed by atoms with E-state index < -0.39 is 0 Å². The molecular formula is C6H16ArSi. The van der Waals surface area contributed by atoms with Crippen LogP contribution >= 0.6 is 0 Å². The summed E-state index contributed by atoms with van der Waals surface area (Å²) in [5.74, 6) is 0. The molecule has 0 radical (unpaired) electrons. The van der Waals surface area contributed by atoms with Gasteiger partial charge in [-0.2, -0.15) is 0 Å². The molecule has 0 saturated heterocycles. The second-order valence-electron chi connectivity index (χ2n) is 2.09. The maximum atomic E-state index is 2.32. The molecule has 0 aromatic carbocycles. The van der Waals surface area contributed by atoms with Crippen LogP contribution in [0.2, 0.25) is 18.1 Å². The molecule has 0 aliphatic rings. The molecule has 0 heterocycles. The zero-order chi connectivity index (χ0) is 5.70. The van der Waals surface area contributed by atoms with Crippen molar-refractivity contribution in [3.05, 3.63) is 0 Å². The van der Waals surface area contributed by atoms with Gasteiger partial charge in [0.15, 0.2) is 0 Å². The SMILES string of the molecule is CC[SiH](CC)CC.[Ar]. The Balaban J connectivity index is 0. The predicted octanol–water partition coefficient (Wildman–Crippen LogP) is 2.27. The second-order valence-corrected chi connectivity index (χ2v) is 6.27. The molecule has 8 heavy (non-hydrogen) atoms. The number of rotatable bonds is 3. The van der Waals surface area contributed by atoms with Crippen molar-refractivity contribution in [2.75, 3.05) is 0 Å². The van der Waals surface area contributed by atoms with Crippen LogP contribution in [0.1, 0.15) is 20.8 Å². The molecule has 0 fully saturated rings. The molecule has 0 spiro atoms. The zero-order valence-corrected chi connectivity index (χ0v) is 7.91. The Morgan fingerprint density at radius 3 is 1.12 bits per heavy atom. The van der Waals surface area contributed by atoms with E-state index in [1.165, 1.54) is 18.1 Å². The molecule has 0 aromatic heterocycles. The van der Waals surface area contributed by atoms with Crippen molar-refractivity contribution in [2.24, 2.45) is 0 Å². The van der Waals surface area contributed by atoms with E-state index in [9.17, 15) is 0 Å². The Morgan fingerprint density at radius 1 is 0.875 bits per heavy atom. The van der Waals surface area contributed by atoms with Crippen molar-refractivity contribution < 1.29 is 37.7 Å². The van der Waals surface area contributed by atoms with Gasteiger partial charge in [-0.1, -0.05) is 38.9 Å². The minimum Gasteiger partial charge on any atom is -0.0680 e. The van der Waals surface area contributed by atoms with Gasteiger partial charge >= 0.3 is 0 Å². The molecule has 0 bridgehead atoms. The molecule has 0 nitrogen and oxygen atoms in total. The van der Waals surface area contributed by atoms with Crippen LogP contribution in [-0.2, 0) is 0 Å². The van der Waals surface area contributed by atoms with Crippen LogP contribution in [0.5, 0.6) is 0 Å². The van der Waals surface area contributed by atoms with Crippen molar-refractivity contribution >= 4 is 8.80 Å². The fraction of sp³-hybridized carbons (Fsp3) is 1.00. The molecule has 0 atom stereocenters. The minimum absolute atomic E-state index is 0. The van der Waals surface area contributed by atoms with Crippen molar-refractivity contribution in [3.8, 4) is 0 Å². The first-order valence-corrected chi connectivity index (χ1v) is 5.80. The van der Waals surface area contributed by atoms with Gasteiger partial charge in [0.05, 0.1) is 0 Å². The average molecular weight is 156 g/mol. The minimum atomic E-state index is -0.171. The summed E-state index contributed by atoms with van der Waals surface area (Å²) < 4.78 is 0. The maximum absolute atomic E-state index is 2.32. The van der Waals surface area contributed by atoms with Gasteiger partial charge < -0.3 is 0 Å². The Bertz CT molecular complexity index is 30.0. The summed E-state index contributed by atoms with van der Waals surface area (Å²) in [6.07, 6.45) is 0. The molecule has 52 valence electrons. The molecule has 0 aliphatic carbocycles. The smallest absolute Gasteiger partial charge is 0.0359 e. The van der Waals surface area contributed by atoms with E-state index >= 15 is 0 Å². The standard InChI is InChI=1S/C6H16Si.Ar/c1-4-7(5-2)6-3;/h7H,4-6H2,1-3H3;. The van der Waals surface area contributed by atoms with Gasteiger partial charge in [0.2, 0.25) is 0 Å². The monoisotopic (exact) mass is 156 g/mol. The molecule has 2 heteroatoms. The van der Waals surface area contributed by atoms with Gasteiger partial charge in [-0.15, -0.1) is 0 Å². The van der Waals surface area contributed by atoms with Crippen LogP contribution in [0.25, 0.3) is 0 Å². The van der Waals surface area contributed by atoms with Gasteiger partial charge in [-0.25, -0.2) is 0 Å². The molecule has 0 rings (SSSR count). The van der Waals surface area contributed by atoms with Crippen molar-refractivity contribution in [1.82, 2.24) is 0 Å². The third-order valence-corrected chi connectivity index (χ3v) is 5.20. The average Bonchev–Trinajstić information content (AvgIpc) is 1.72. The van der Waals surface area contributed by atoms with Crippen molar-refractivity contribution in [2.45, 2.75) is 38.9 Å². The zero-order valence-electron chi connectivity index (χ0n) is 6.05. The molecule has 0 N–H and O–H groups in total. The van der Waals surface area contributed by atoms with Gasteiger partial charge in [0.1, 0.15) is 0 Å². The third kappa shape index (κ3) is 5.61. The van der Waals surface area contributed by atoms with Crippen LogP contribution in [0.4, 0.5) is 0 Å². The van der Waals surface area contributed by atoms with Gasteiger partial charge in [-0.05, 0) is 0 Å². The van der Waals surface area contributed by atoms with E-state index in [0.29, 0.717) is 0 Å². The van der Waals surface area contributed by atoms with Crippen LogP contribution in [0.3, 0.4) is 0 Å². The van der Waals surface area contributed by atoms with Crippen LogP contribution in [0, 0.1) is 37.7 Å². The van der Waals surface area contributed by atoms with E-state index in [4.69, 9.17) is 0 Å². The van der Waals surface area contributed by atoms with Crippen LogP contribution in [0.15, 0.2) is 0 Å². The summed E-state index contributed by atoms with van der Waals surface area (Å²) in [6, 6.07) is 4.48. The van der Waals surface area contributed by atoms with Gasteiger partial charge in [0.25, 0.3) is 0 Å². The Labute approximate surface area is 84.7 Å². The Kier molecular flexibility index (Phi) is 12.9. The number of hydrogen-bond donors (Lipinski definition) is 0. The molecular weight excluding hydrogens is 140 g/mol.